The first-order valence-corrected chi connectivity index (χ1v) is 7.36. The van der Waals surface area contributed by atoms with E-state index in [1.807, 2.05) is 36.4 Å². The lowest BCUT2D eigenvalue weighted by Gasteiger charge is -1.94. The van der Waals surface area contributed by atoms with Crippen LogP contribution in [-0.4, -0.2) is 32.4 Å². The van der Waals surface area contributed by atoms with Crippen LogP contribution in [0.25, 0.3) is 22.9 Å². The van der Waals surface area contributed by atoms with E-state index >= 15 is 0 Å². The van der Waals surface area contributed by atoms with Crippen molar-refractivity contribution in [1.82, 2.24) is 15.2 Å². The van der Waals surface area contributed by atoms with Crippen molar-refractivity contribution < 1.29 is 27.5 Å². The molecule has 0 unspecified atom stereocenters. The number of halogens is 4. The number of carboxylic acids is 1. The van der Waals surface area contributed by atoms with Gasteiger partial charge in [0.1, 0.15) is 0 Å². The van der Waals surface area contributed by atoms with Crippen LogP contribution in [0.1, 0.15) is 0 Å². The van der Waals surface area contributed by atoms with Gasteiger partial charge in [-0.1, -0.05) is 15.9 Å². The van der Waals surface area contributed by atoms with Crippen molar-refractivity contribution in [2.24, 2.45) is 0 Å². The van der Waals surface area contributed by atoms with E-state index in [1.165, 1.54) is 0 Å². The second kappa shape index (κ2) is 7.88. The van der Waals surface area contributed by atoms with Gasteiger partial charge >= 0.3 is 12.1 Å². The Morgan fingerprint density at radius 1 is 1.04 bits per heavy atom. The van der Waals surface area contributed by atoms with E-state index in [9.17, 15) is 13.2 Å². The number of hydrogen-bond donors (Lipinski definition) is 1. The Balaban J connectivity index is 0.000000277. The van der Waals surface area contributed by atoms with Gasteiger partial charge in [-0.05, 0) is 36.4 Å². The van der Waals surface area contributed by atoms with Crippen LogP contribution in [-0.2, 0) is 4.79 Å². The fourth-order valence-corrected chi connectivity index (χ4v) is 1.80. The van der Waals surface area contributed by atoms with E-state index in [-0.39, 0.29) is 0 Å². The van der Waals surface area contributed by atoms with Crippen molar-refractivity contribution in [3.63, 3.8) is 0 Å². The largest absolute Gasteiger partial charge is 0.490 e. The van der Waals surface area contributed by atoms with Crippen molar-refractivity contribution >= 4 is 21.9 Å². The molecule has 2 heterocycles. The van der Waals surface area contributed by atoms with Crippen LogP contribution in [0.5, 0.6) is 0 Å². The molecule has 2 aromatic heterocycles. The summed E-state index contributed by atoms with van der Waals surface area (Å²) in [4.78, 5) is 12.9. The summed E-state index contributed by atoms with van der Waals surface area (Å²) >= 11 is 3.39. The summed E-state index contributed by atoms with van der Waals surface area (Å²) < 4.78 is 38.4. The molecule has 1 N–H and O–H groups in total. The molecular formula is C15H9BrF3N3O3. The third-order valence-corrected chi connectivity index (χ3v) is 3.20. The van der Waals surface area contributed by atoms with Gasteiger partial charge in [0, 0.05) is 22.4 Å². The molecule has 3 aromatic rings. The summed E-state index contributed by atoms with van der Waals surface area (Å²) in [6, 6.07) is 11.4. The van der Waals surface area contributed by atoms with Gasteiger partial charge in [-0.15, -0.1) is 10.2 Å². The van der Waals surface area contributed by atoms with Gasteiger partial charge in [-0.2, -0.15) is 13.2 Å². The normalized spacial score (nSPS) is 10.7. The molecule has 6 nitrogen and oxygen atoms in total. The highest BCUT2D eigenvalue weighted by atomic mass is 79.9. The molecule has 0 bridgehead atoms. The molecule has 25 heavy (non-hydrogen) atoms. The maximum absolute atomic E-state index is 10.6. The molecule has 0 radical (unpaired) electrons. The van der Waals surface area contributed by atoms with Crippen molar-refractivity contribution in [3.05, 3.63) is 53.3 Å². The number of carbonyl (C=O) groups is 1. The number of rotatable bonds is 2. The number of hydrogen-bond acceptors (Lipinski definition) is 5. The molecule has 1 aromatic carbocycles. The van der Waals surface area contributed by atoms with Gasteiger partial charge in [0.15, 0.2) is 0 Å². The zero-order valence-corrected chi connectivity index (χ0v) is 13.8. The Kier molecular flexibility index (Phi) is 5.86. The first kappa shape index (κ1) is 18.6. The third-order valence-electron chi connectivity index (χ3n) is 2.67. The van der Waals surface area contributed by atoms with E-state index in [0.29, 0.717) is 11.8 Å². The van der Waals surface area contributed by atoms with Crippen LogP contribution >= 0.6 is 15.9 Å². The molecule has 0 spiro atoms. The zero-order valence-electron chi connectivity index (χ0n) is 12.2. The van der Waals surface area contributed by atoms with Crippen molar-refractivity contribution in [2.45, 2.75) is 6.18 Å². The van der Waals surface area contributed by atoms with E-state index < -0.39 is 12.1 Å². The lowest BCUT2D eigenvalue weighted by Crippen LogP contribution is -2.21. The standard InChI is InChI=1S/C13H8BrN3O.C2HF3O2/c14-11-5-3-9(4-6-11)12-16-17-13(18-12)10-2-1-7-15-8-10;3-2(4,5)1(6)7/h1-8H;(H,6,7). The summed E-state index contributed by atoms with van der Waals surface area (Å²) in [7, 11) is 0. The van der Waals surface area contributed by atoms with Crippen LogP contribution in [0.2, 0.25) is 0 Å². The molecule has 0 aliphatic rings. The quantitative estimate of drug-likeness (QED) is 0.674. The molecule has 0 aliphatic heterocycles. The Morgan fingerprint density at radius 2 is 1.60 bits per heavy atom. The van der Waals surface area contributed by atoms with Crippen LogP contribution in [0.3, 0.4) is 0 Å². The minimum absolute atomic E-state index is 0.473. The first-order chi connectivity index (χ1) is 11.8. The van der Waals surface area contributed by atoms with E-state index in [0.717, 1.165) is 15.6 Å². The Hall–Kier alpha value is -2.75. The summed E-state index contributed by atoms with van der Waals surface area (Å²) in [6.07, 6.45) is -1.69. The average molecular weight is 416 g/mol. The fourth-order valence-electron chi connectivity index (χ4n) is 1.54. The summed E-state index contributed by atoms with van der Waals surface area (Å²) in [6.45, 7) is 0. The van der Waals surface area contributed by atoms with Crippen LogP contribution in [0.15, 0.2) is 57.7 Å². The van der Waals surface area contributed by atoms with Crippen molar-refractivity contribution in [3.8, 4) is 22.9 Å². The van der Waals surface area contributed by atoms with Crippen molar-refractivity contribution in [2.75, 3.05) is 0 Å². The Labute approximate surface area is 147 Å². The molecule has 0 aliphatic carbocycles. The number of aromatic nitrogens is 3. The minimum Gasteiger partial charge on any atom is -0.475 e. The molecule has 0 saturated heterocycles. The summed E-state index contributed by atoms with van der Waals surface area (Å²) in [5, 5.41) is 15.2. The number of carboxylic acid groups (broad SMARTS) is 1. The van der Waals surface area contributed by atoms with Gasteiger partial charge in [0.05, 0.1) is 5.56 Å². The lowest BCUT2D eigenvalue weighted by atomic mass is 10.2. The highest BCUT2D eigenvalue weighted by Crippen LogP contribution is 2.24. The number of pyridine rings is 1. The second-order valence-corrected chi connectivity index (χ2v) is 5.38. The van der Waals surface area contributed by atoms with Gasteiger partial charge in [0.25, 0.3) is 0 Å². The van der Waals surface area contributed by atoms with Crippen molar-refractivity contribution in [1.29, 1.82) is 0 Å². The molecule has 0 atom stereocenters. The predicted molar refractivity (Wildman–Crippen MR) is 84.4 cm³/mol. The van der Waals surface area contributed by atoms with E-state index in [2.05, 4.69) is 31.1 Å². The highest BCUT2D eigenvalue weighted by molar-refractivity contribution is 9.10. The van der Waals surface area contributed by atoms with Crippen LogP contribution in [0, 0.1) is 0 Å². The molecular weight excluding hydrogens is 407 g/mol. The third kappa shape index (κ3) is 5.38. The highest BCUT2D eigenvalue weighted by Gasteiger charge is 2.38. The SMILES string of the molecule is Brc1ccc(-c2nnc(-c3cccnc3)o2)cc1.O=C(O)C(F)(F)F. The van der Waals surface area contributed by atoms with E-state index in [4.69, 9.17) is 14.3 Å². The number of benzene rings is 1. The maximum Gasteiger partial charge on any atom is 0.490 e. The monoisotopic (exact) mass is 415 g/mol. The lowest BCUT2D eigenvalue weighted by molar-refractivity contribution is -0.192. The van der Waals surface area contributed by atoms with Crippen LogP contribution < -0.4 is 0 Å². The molecule has 0 saturated carbocycles. The smallest absolute Gasteiger partial charge is 0.475 e. The van der Waals surface area contributed by atoms with Gasteiger partial charge in [0.2, 0.25) is 11.8 Å². The fraction of sp³-hybridized carbons (Fsp3) is 0.0667. The summed E-state index contributed by atoms with van der Waals surface area (Å²) in [5.41, 5.74) is 1.70. The molecule has 130 valence electrons. The molecule has 0 amide bonds. The van der Waals surface area contributed by atoms with E-state index in [1.54, 1.807) is 12.4 Å². The average Bonchev–Trinajstić information content (AvgIpc) is 3.06. The number of aliphatic carboxylic acids is 1. The summed E-state index contributed by atoms with van der Waals surface area (Å²) in [5.74, 6) is -1.78. The second-order valence-electron chi connectivity index (χ2n) is 4.46. The Morgan fingerprint density at radius 3 is 2.08 bits per heavy atom. The molecule has 10 heteroatoms. The predicted octanol–water partition coefficient (Wildman–Crippen LogP) is 4.19. The maximum atomic E-state index is 10.6. The molecule has 3 rings (SSSR count). The van der Waals surface area contributed by atoms with Gasteiger partial charge in [-0.3, -0.25) is 4.98 Å². The Bertz CT molecular complexity index is 836. The number of nitrogens with zero attached hydrogens (tertiary/aromatic N) is 3. The topological polar surface area (TPSA) is 89.1 Å². The van der Waals surface area contributed by atoms with Crippen LogP contribution in [0.4, 0.5) is 13.2 Å². The molecule has 0 fully saturated rings. The minimum atomic E-state index is -5.08. The first-order valence-electron chi connectivity index (χ1n) is 6.57. The van der Waals surface area contributed by atoms with Gasteiger partial charge < -0.3 is 9.52 Å². The zero-order chi connectivity index (χ0) is 18.4. The van der Waals surface area contributed by atoms with Gasteiger partial charge in [-0.25, -0.2) is 4.79 Å². The number of alkyl halides is 3.